The summed E-state index contributed by atoms with van der Waals surface area (Å²) >= 11 is 0. The van der Waals surface area contributed by atoms with Gasteiger partial charge in [0.05, 0.1) is 23.0 Å². The highest BCUT2D eigenvalue weighted by atomic mass is 14.9. The first-order valence-electron chi connectivity index (χ1n) is 8.43. The van der Waals surface area contributed by atoms with E-state index in [9.17, 15) is 0 Å². The molecule has 0 aliphatic heterocycles. The fraction of sp³-hybridized carbons (Fsp3) is 0.217. The van der Waals surface area contributed by atoms with Gasteiger partial charge in [-0.1, -0.05) is 36.4 Å². The van der Waals surface area contributed by atoms with Gasteiger partial charge < -0.3 is 5.73 Å². The second-order valence-electron chi connectivity index (χ2n) is 6.42. The molecule has 0 bridgehead atoms. The van der Waals surface area contributed by atoms with E-state index < -0.39 is 5.54 Å². The summed E-state index contributed by atoms with van der Waals surface area (Å²) in [6, 6.07) is 17.8. The minimum atomic E-state index is -0.615. The molecule has 0 aliphatic carbocycles. The fourth-order valence-electron chi connectivity index (χ4n) is 3.15. The van der Waals surface area contributed by atoms with Crippen LogP contribution in [0, 0.1) is 29.6 Å². The number of hydrogen-bond acceptors (Lipinski definition) is 2. The van der Waals surface area contributed by atoms with E-state index in [0.29, 0.717) is 17.8 Å². The third kappa shape index (κ3) is 4.02. The number of aliphatic imine (C=N–C) groups is 1. The van der Waals surface area contributed by atoms with Crippen molar-refractivity contribution in [2.24, 2.45) is 16.6 Å². The van der Waals surface area contributed by atoms with Crippen LogP contribution < -0.4 is 5.73 Å². The van der Waals surface area contributed by atoms with E-state index in [4.69, 9.17) is 22.4 Å². The average Bonchev–Trinajstić information content (AvgIpc) is 2.65. The second-order valence-corrected chi connectivity index (χ2v) is 6.42. The molecule has 2 N–H and O–H groups in total. The van der Waals surface area contributed by atoms with Gasteiger partial charge in [0.25, 0.3) is 0 Å². The first-order chi connectivity index (χ1) is 12.4. The molecule has 26 heavy (non-hydrogen) atoms. The number of rotatable bonds is 6. The van der Waals surface area contributed by atoms with Gasteiger partial charge in [-0.3, -0.25) is 4.99 Å². The molecule has 0 saturated carbocycles. The van der Waals surface area contributed by atoms with E-state index >= 15 is 0 Å². The minimum Gasteiger partial charge on any atom is -0.388 e. The summed E-state index contributed by atoms with van der Waals surface area (Å²) in [5.74, 6) is 3.16. The van der Waals surface area contributed by atoms with Gasteiger partial charge in [0, 0.05) is 12.3 Å². The average molecular weight is 341 g/mol. The van der Waals surface area contributed by atoms with Gasteiger partial charge in [-0.2, -0.15) is 5.26 Å². The van der Waals surface area contributed by atoms with E-state index in [1.165, 1.54) is 0 Å². The molecule has 3 heteroatoms. The molecule has 2 aromatic carbocycles. The van der Waals surface area contributed by atoms with Gasteiger partial charge in [0.1, 0.15) is 0 Å². The largest absolute Gasteiger partial charge is 0.388 e. The zero-order valence-corrected chi connectivity index (χ0v) is 15.2. The minimum absolute atomic E-state index is 0.0494. The van der Waals surface area contributed by atoms with Gasteiger partial charge in [-0.15, -0.1) is 18.9 Å². The van der Waals surface area contributed by atoms with E-state index in [1.807, 2.05) is 49.4 Å². The van der Waals surface area contributed by atoms with Crippen LogP contribution in [0.2, 0.25) is 0 Å². The quantitative estimate of drug-likeness (QED) is 0.360. The van der Waals surface area contributed by atoms with Crippen LogP contribution in [0.25, 0.3) is 11.1 Å². The van der Waals surface area contributed by atoms with Gasteiger partial charge in [-0.25, -0.2) is 0 Å². The van der Waals surface area contributed by atoms with Crippen molar-refractivity contribution in [3.05, 3.63) is 72.3 Å². The predicted molar refractivity (Wildman–Crippen MR) is 108 cm³/mol. The summed E-state index contributed by atoms with van der Waals surface area (Å²) in [4.78, 5) is 4.71. The van der Waals surface area contributed by atoms with Gasteiger partial charge in [0.15, 0.2) is 0 Å². The maximum absolute atomic E-state index is 9.14. The van der Waals surface area contributed by atoms with Crippen LogP contribution in [-0.4, -0.2) is 5.84 Å². The zero-order valence-electron chi connectivity index (χ0n) is 15.2. The topological polar surface area (TPSA) is 62.2 Å². The second kappa shape index (κ2) is 8.19. The molecule has 2 rings (SSSR count). The summed E-state index contributed by atoms with van der Waals surface area (Å²) in [5, 5.41) is 9.14. The maximum Gasteiger partial charge on any atom is 0.0991 e. The smallest absolute Gasteiger partial charge is 0.0991 e. The highest BCUT2D eigenvalue weighted by Crippen LogP contribution is 2.38. The van der Waals surface area contributed by atoms with Crippen molar-refractivity contribution < 1.29 is 0 Å². The molecule has 3 nitrogen and oxygen atoms in total. The standard InChI is InChI=1S/C23H23N3/c1-5-9-21(6-2)23(4,26-17(3)25)22-13-8-12-20(15-22)19-11-7-10-18(14-19)16-24/h1,6-8,10-15,21H,2,9H2,3-4H3,(H2,25,26)/t21-,23+/m1/s1. The third-order valence-electron chi connectivity index (χ3n) is 4.52. The maximum atomic E-state index is 9.14. The van der Waals surface area contributed by atoms with E-state index in [-0.39, 0.29) is 5.92 Å². The Balaban J connectivity index is 2.60. The molecule has 2 atom stereocenters. The lowest BCUT2D eigenvalue weighted by Gasteiger charge is -2.33. The summed E-state index contributed by atoms with van der Waals surface area (Å²) in [5.41, 5.74) is 8.93. The normalized spacial score (nSPS) is 14.5. The van der Waals surface area contributed by atoms with E-state index in [0.717, 1.165) is 16.7 Å². The molecule has 0 aliphatic rings. The number of nitrogens with zero attached hydrogens (tertiary/aromatic N) is 2. The van der Waals surface area contributed by atoms with Crippen LogP contribution in [-0.2, 0) is 5.54 Å². The highest BCUT2D eigenvalue weighted by Gasteiger charge is 2.33. The number of hydrogen-bond donors (Lipinski definition) is 1. The number of amidine groups is 1. The Hall–Kier alpha value is -3.30. The molecule has 0 spiro atoms. The van der Waals surface area contributed by atoms with Crippen LogP contribution in [0.1, 0.15) is 31.4 Å². The Labute approximate surface area is 155 Å². The lowest BCUT2D eigenvalue weighted by Crippen LogP contribution is -2.31. The Morgan fingerprint density at radius 2 is 1.96 bits per heavy atom. The van der Waals surface area contributed by atoms with Crippen LogP contribution in [0.5, 0.6) is 0 Å². The zero-order chi connectivity index (χ0) is 19.2. The van der Waals surface area contributed by atoms with E-state index in [1.54, 1.807) is 13.0 Å². The lowest BCUT2D eigenvalue weighted by atomic mass is 9.77. The monoisotopic (exact) mass is 341 g/mol. The van der Waals surface area contributed by atoms with Crippen LogP contribution in [0.3, 0.4) is 0 Å². The summed E-state index contributed by atoms with van der Waals surface area (Å²) < 4.78 is 0. The van der Waals surface area contributed by atoms with Crippen molar-refractivity contribution in [1.29, 1.82) is 5.26 Å². The molecule has 0 amide bonds. The van der Waals surface area contributed by atoms with Crippen molar-refractivity contribution in [2.45, 2.75) is 25.8 Å². The summed E-state index contributed by atoms with van der Waals surface area (Å²) in [7, 11) is 0. The molecule has 0 aromatic heterocycles. The van der Waals surface area contributed by atoms with Gasteiger partial charge >= 0.3 is 0 Å². The summed E-state index contributed by atoms with van der Waals surface area (Å²) in [6.07, 6.45) is 7.92. The first-order valence-corrected chi connectivity index (χ1v) is 8.43. The molecule has 0 saturated heterocycles. The molecule has 0 fully saturated rings. The third-order valence-corrected chi connectivity index (χ3v) is 4.52. The number of terminal acetylenes is 1. The van der Waals surface area contributed by atoms with Crippen LogP contribution in [0.4, 0.5) is 0 Å². The Morgan fingerprint density at radius 1 is 1.31 bits per heavy atom. The van der Waals surface area contributed by atoms with Gasteiger partial charge in [0.2, 0.25) is 0 Å². The molecular weight excluding hydrogens is 318 g/mol. The molecule has 130 valence electrons. The molecule has 0 heterocycles. The number of nitriles is 1. The number of nitrogens with two attached hydrogens (primary N) is 1. The molecule has 0 radical (unpaired) electrons. The predicted octanol–water partition coefficient (Wildman–Crippen LogP) is 4.64. The van der Waals surface area contributed by atoms with Crippen LogP contribution in [0.15, 0.2) is 66.2 Å². The number of benzene rings is 2. The van der Waals surface area contributed by atoms with E-state index in [2.05, 4.69) is 24.6 Å². The van der Waals surface area contributed by atoms with Crippen molar-refractivity contribution in [3.8, 4) is 29.5 Å². The SMILES string of the molecule is C#CC[C@@H](C=C)[C@](C)(N=C(C)N)c1cccc(-c2cccc(C#N)c2)c1. The molecular formula is C23H23N3. The first kappa shape index (κ1) is 19.0. The Bertz CT molecular complexity index is 908. The Kier molecular flexibility index (Phi) is 5.99. The van der Waals surface area contributed by atoms with Crippen LogP contribution >= 0.6 is 0 Å². The van der Waals surface area contributed by atoms with Crippen molar-refractivity contribution in [3.63, 3.8) is 0 Å². The molecule has 2 aromatic rings. The summed E-state index contributed by atoms with van der Waals surface area (Å²) in [6.45, 7) is 7.74. The lowest BCUT2D eigenvalue weighted by molar-refractivity contribution is 0.370. The van der Waals surface area contributed by atoms with Crippen molar-refractivity contribution >= 4 is 5.84 Å². The molecule has 0 unspecified atom stereocenters. The Morgan fingerprint density at radius 3 is 2.54 bits per heavy atom. The van der Waals surface area contributed by atoms with Crippen molar-refractivity contribution in [1.82, 2.24) is 0 Å². The fourth-order valence-corrected chi connectivity index (χ4v) is 3.15. The van der Waals surface area contributed by atoms with Gasteiger partial charge in [-0.05, 0) is 48.7 Å². The highest BCUT2D eigenvalue weighted by molar-refractivity contribution is 5.78. The van der Waals surface area contributed by atoms with Crippen molar-refractivity contribution in [2.75, 3.05) is 0 Å².